The highest BCUT2D eigenvalue weighted by molar-refractivity contribution is 5.82. The third kappa shape index (κ3) is 2.13. The molecule has 1 fully saturated rings. The number of carbonyl (C=O) groups is 2. The van der Waals surface area contributed by atoms with Crippen LogP contribution in [0.5, 0.6) is 0 Å². The van der Waals surface area contributed by atoms with E-state index < -0.39 is 24.2 Å². The topological polar surface area (TPSA) is 75.6 Å². The summed E-state index contributed by atoms with van der Waals surface area (Å²) in [6.45, 7) is 0. The molecule has 0 aliphatic carbocycles. The summed E-state index contributed by atoms with van der Waals surface area (Å²) in [5.74, 6) is -1.13. The second kappa shape index (κ2) is 4.22. The van der Waals surface area contributed by atoms with Gasteiger partial charge in [0.15, 0.2) is 0 Å². The Hall–Kier alpha value is -2.04. The molecule has 2 rings (SSSR count). The summed E-state index contributed by atoms with van der Waals surface area (Å²) in [6.07, 6.45) is -1.33. The van der Waals surface area contributed by atoms with Crippen LogP contribution in [-0.4, -0.2) is 29.3 Å². The molecular weight excluding hydrogens is 210 g/mol. The van der Waals surface area contributed by atoms with Crippen LogP contribution in [0.25, 0.3) is 0 Å². The predicted molar refractivity (Wildman–Crippen MR) is 55.0 cm³/mol. The van der Waals surface area contributed by atoms with Crippen molar-refractivity contribution in [2.75, 3.05) is 0 Å². The summed E-state index contributed by atoms with van der Waals surface area (Å²) in [5, 5.41) is 11.4. The summed E-state index contributed by atoms with van der Waals surface area (Å²) >= 11 is 0. The van der Waals surface area contributed by atoms with Crippen LogP contribution in [0.4, 0.5) is 4.79 Å². The van der Waals surface area contributed by atoms with Crippen molar-refractivity contribution in [1.29, 1.82) is 0 Å². The number of aliphatic carboxylic acids is 1. The molecule has 1 aromatic rings. The van der Waals surface area contributed by atoms with Gasteiger partial charge in [0.05, 0.1) is 6.04 Å². The molecule has 5 nitrogen and oxygen atoms in total. The van der Waals surface area contributed by atoms with Crippen LogP contribution in [0.3, 0.4) is 0 Å². The lowest BCUT2D eigenvalue weighted by Crippen LogP contribution is -2.38. The molecule has 0 radical (unpaired) electrons. The fourth-order valence-corrected chi connectivity index (χ4v) is 1.71. The van der Waals surface area contributed by atoms with E-state index in [-0.39, 0.29) is 0 Å². The Morgan fingerprint density at radius 3 is 2.69 bits per heavy atom. The predicted octanol–water partition coefficient (Wildman–Crippen LogP) is 0.791. The van der Waals surface area contributed by atoms with Crippen molar-refractivity contribution in [3.63, 3.8) is 0 Å². The van der Waals surface area contributed by atoms with E-state index in [1.165, 1.54) is 0 Å². The highest BCUT2D eigenvalue weighted by Crippen LogP contribution is 2.14. The monoisotopic (exact) mass is 221 g/mol. The molecule has 1 aromatic carbocycles. The summed E-state index contributed by atoms with van der Waals surface area (Å²) < 4.78 is 4.66. The second-order valence-electron chi connectivity index (χ2n) is 3.60. The largest absolute Gasteiger partial charge is 0.478 e. The van der Waals surface area contributed by atoms with E-state index in [0.29, 0.717) is 6.42 Å². The number of alkyl carbamates (subject to hydrolysis) is 1. The van der Waals surface area contributed by atoms with Crippen LogP contribution in [0.2, 0.25) is 0 Å². The van der Waals surface area contributed by atoms with Gasteiger partial charge < -0.3 is 15.2 Å². The van der Waals surface area contributed by atoms with Crippen LogP contribution in [0.15, 0.2) is 30.3 Å². The SMILES string of the molecule is O=C1N[C@H](Cc2ccccc2)[C@@H](C(=O)O)O1. The molecule has 2 atom stereocenters. The summed E-state index contributed by atoms with van der Waals surface area (Å²) in [4.78, 5) is 21.8. The number of cyclic esters (lactones) is 1. The molecule has 16 heavy (non-hydrogen) atoms. The Kier molecular flexibility index (Phi) is 2.76. The molecule has 0 spiro atoms. The Balaban J connectivity index is 2.09. The van der Waals surface area contributed by atoms with E-state index in [1.807, 2.05) is 30.3 Å². The average molecular weight is 221 g/mol. The molecule has 0 saturated carbocycles. The first-order valence-electron chi connectivity index (χ1n) is 4.90. The fourth-order valence-electron chi connectivity index (χ4n) is 1.71. The minimum Gasteiger partial charge on any atom is -0.478 e. The van der Waals surface area contributed by atoms with Crippen LogP contribution in [-0.2, 0) is 16.0 Å². The summed E-state index contributed by atoms with van der Waals surface area (Å²) in [5.41, 5.74) is 0.963. The lowest BCUT2D eigenvalue weighted by Gasteiger charge is -2.12. The fraction of sp³-hybridized carbons (Fsp3) is 0.273. The van der Waals surface area contributed by atoms with Crippen molar-refractivity contribution in [3.8, 4) is 0 Å². The summed E-state index contributed by atoms with van der Waals surface area (Å²) in [6, 6.07) is 8.85. The first kappa shape index (κ1) is 10.5. The van der Waals surface area contributed by atoms with Gasteiger partial charge in [-0.05, 0) is 12.0 Å². The average Bonchev–Trinajstić information content (AvgIpc) is 2.61. The number of hydrogen-bond donors (Lipinski definition) is 2. The smallest absolute Gasteiger partial charge is 0.408 e. The maximum absolute atomic E-state index is 11.0. The van der Waals surface area contributed by atoms with E-state index in [4.69, 9.17) is 5.11 Å². The van der Waals surface area contributed by atoms with Gasteiger partial charge in [-0.15, -0.1) is 0 Å². The third-order valence-electron chi connectivity index (χ3n) is 2.44. The van der Waals surface area contributed by atoms with Crippen molar-refractivity contribution in [2.45, 2.75) is 18.6 Å². The second-order valence-corrected chi connectivity index (χ2v) is 3.60. The maximum Gasteiger partial charge on any atom is 0.408 e. The van der Waals surface area contributed by atoms with E-state index in [1.54, 1.807) is 0 Å². The quantitative estimate of drug-likeness (QED) is 0.791. The minimum absolute atomic E-state index is 0.448. The van der Waals surface area contributed by atoms with Crippen molar-refractivity contribution in [1.82, 2.24) is 5.32 Å². The number of hydrogen-bond acceptors (Lipinski definition) is 3. The number of amides is 1. The number of carboxylic acid groups (broad SMARTS) is 1. The van der Waals surface area contributed by atoms with Crippen LogP contribution in [0.1, 0.15) is 5.56 Å². The van der Waals surface area contributed by atoms with Crippen molar-refractivity contribution in [3.05, 3.63) is 35.9 Å². The Labute approximate surface area is 92.0 Å². The molecule has 0 bridgehead atoms. The van der Waals surface area contributed by atoms with Crippen LogP contribution in [0, 0.1) is 0 Å². The van der Waals surface area contributed by atoms with E-state index in [9.17, 15) is 9.59 Å². The highest BCUT2D eigenvalue weighted by atomic mass is 16.6. The Morgan fingerprint density at radius 1 is 1.38 bits per heavy atom. The molecular formula is C11H11NO4. The Bertz CT molecular complexity index is 404. The van der Waals surface area contributed by atoms with E-state index in [2.05, 4.69) is 10.1 Å². The lowest BCUT2D eigenvalue weighted by molar-refractivity contribution is -0.145. The van der Waals surface area contributed by atoms with Crippen molar-refractivity contribution < 1.29 is 19.4 Å². The van der Waals surface area contributed by atoms with Crippen LogP contribution < -0.4 is 5.32 Å². The molecule has 84 valence electrons. The zero-order valence-corrected chi connectivity index (χ0v) is 8.42. The molecule has 0 aromatic heterocycles. The zero-order valence-electron chi connectivity index (χ0n) is 8.42. The minimum atomic E-state index is -1.13. The zero-order chi connectivity index (χ0) is 11.5. The van der Waals surface area contributed by atoms with Gasteiger partial charge in [-0.25, -0.2) is 9.59 Å². The molecule has 2 N–H and O–H groups in total. The molecule has 1 heterocycles. The summed E-state index contributed by atoms with van der Waals surface area (Å²) in [7, 11) is 0. The lowest BCUT2D eigenvalue weighted by atomic mass is 10.0. The van der Waals surface area contributed by atoms with E-state index >= 15 is 0 Å². The maximum atomic E-state index is 11.0. The number of carboxylic acids is 1. The first-order valence-corrected chi connectivity index (χ1v) is 4.90. The molecule has 1 amide bonds. The van der Waals surface area contributed by atoms with Gasteiger partial charge in [0.2, 0.25) is 6.10 Å². The van der Waals surface area contributed by atoms with E-state index in [0.717, 1.165) is 5.56 Å². The highest BCUT2D eigenvalue weighted by Gasteiger charge is 2.39. The van der Waals surface area contributed by atoms with Crippen LogP contribution >= 0.6 is 0 Å². The first-order chi connectivity index (χ1) is 7.66. The van der Waals surface area contributed by atoms with Gasteiger partial charge >= 0.3 is 12.1 Å². The van der Waals surface area contributed by atoms with Gasteiger partial charge in [-0.2, -0.15) is 0 Å². The van der Waals surface area contributed by atoms with Gasteiger partial charge in [0.1, 0.15) is 0 Å². The number of nitrogens with one attached hydrogen (secondary N) is 1. The number of rotatable bonds is 3. The van der Waals surface area contributed by atoms with Gasteiger partial charge in [-0.1, -0.05) is 30.3 Å². The molecule has 1 aliphatic heterocycles. The number of carbonyl (C=O) groups excluding carboxylic acids is 1. The normalized spacial score (nSPS) is 23.6. The molecule has 1 aliphatic rings. The molecule has 1 saturated heterocycles. The van der Waals surface area contributed by atoms with Gasteiger partial charge in [0.25, 0.3) is 0 Å². The Morgan fingerprint density at radius 2 is 2.06 bits per heavy atom. The van der Waals surface area contributed by atoms with Crippen molar-refractivity contribution in [2.24, 2.45) is 0 Å². The number of ether oxygens (including phenoxy) is 1. The van der Waals surface area contributed by atoms with Crippen molar-refractivity contribution >= 4 is 12.1 Å². The van der Waals surface area contributed by atoms with Gasteiger partial charge in [0, 0.05) is 0 Å². The van der Waals surface area contributed by atoms with Gasteiger partial charge in [-0.3, -0.25) is 0 Å². The molecule has 0 unspecified atom stereocenters. The molecule has 5 heteroatoms. The third-order valence-corrected chi connectivity index (χ3v) is 2.44. The number of benzene rings is 1. The standard InChI is InChI=1S/C11H11NO4/c13-10(14)9-8(12-11(15)16-9)6-7-4-2-1-3-5-7/h1-5,8-9H,6H2,(H,12,15)(H,13,14)/t8-,9+/m1/s1.